The summed E-state index contributed by atoms with van der Waals surface area (Å²) in [6.07, 6.45) is 1.04. The van der Waals surface area contributed by atoms with E-state index in [0.29, 0.717) is 17.2 Å². The second kappa shape index (κ2) is 5.90. The Balaban J connectivity index is 2.42. The summed E-state index contributed by atoms with van der Waals surface area (Å²) >= 11 is 0. The average molecular weight is 291 g/mol. The van der Waals surface area contributed by atoms with Crippen LogP contribution < -0.4 is 20.5 Å². The third-order valence-electron chi connectivity index (χ3n) is 2.60. The van der Waals surface area contributed by atoms with Gasteiger partial charge in [0.15, 0.2) is 0 Å². The Kier molecular flexibility index (Phi) is 4.02. The van der Waals surface area contributed by atoms with Crippen LogP contribution in [0.15, 0.2) is 24.4 Å². The molecule has 0 saturated carbocycles. The molecule has 3 N–H and O–H groups in total. The van der Waals surface area contributed by atoms with Gasteiger partial charge in [-0.2, -0.15) is 4.98 Å². The molecule has 1 heterocycles. The Morgan fingerprint density at radius 2 is 1.86 bits per heavy atom. The summed E-state index contributed by atoms with van der Waals surface area (Å²) in [6.45, 7) is 0. The number of nitrogens with two attached hydrogens (primary N) is 1. The number of rotatable bonds is 5. The Labute approximate surface area is 119 Å². The zero-order valence-corrected chi connectivity index (χ0v) is 11.4. The topological polar surface area (TPSA) is 125 Å². The lowest BCUT2D eigenvalue weighted by molar-refractivity contribution is -0.384. The molecule has 0 aliphatic heterocycles. The number of nitrogens with zero attached hydrogens (tertiary/aromatic N) is 3. The van der Waals surface area contributed by atoms with Crippen LogP contribution in [-0.2, 0) is 0 Å². The number of anilines is 3. The third-order valence-corrected chi connectivity index (χ3v) is 2.60. The van der Waals surface area contributed by atoms with Crippen molar-refractivity contribution in [2.75, 3.05) is 25.3 Å². The molecule has 2 rings (SSSR count). The van der Waals surface area contributed by atoms with E-state index in [1.807, 2.05) is 0 Å². The first kappa shape index (κ1) is 14.3. The standard InChI is InChI=1S/C12H13N5O4/c1-20-8-3-7(4-9(5-8)21-2)15-11-10(17(18)19)6-14-12(13)16-11/h3-6H,1-2H3,(H3,13,14,15,16). The van der Waals surface area contributed by atoms with Gasteiger partial charge in [-0.1, -0.05) is 0 Å². The quantitative estimate of drug-likeness (QED) is 0.630. The maximum atomic E-state index is 11.0. The molecule has 0 unspecified atom stereocenters. The predicted octanol–water partition coefficient (Wildman–Crippen LogP) is 1.73. The fraction of sp³-hybridized carbons (Fsp3) is 0.167. The van der Waals surface area contributed by atoms with Gasteiger partial charge >= 0.3 is 5.69 Å². The van der Waals surface area contributed by atoms with Gasteiger partial charge in [0.25, 0.3) is 0 Å². The molecule has 9 heteroatoms. The van der Waals surface area contributed by atoms with E-state index in [9.17, 15) is 10.1 Å². The average Bonchev–Trinajstić information content (AvgIpc) is 2.46. The van der Waals surface area contributed by atoms with Crippen LogP contribution in [0.2, 0.25) is 0 Å². The monoisotopic (exact) mass is 291 g/mol. The number of aromatic nitrogens is 2. The molecule has 0 spiro atoms. The maximum Gasteiger partial charge on any atom is 0.329 e. The molecule has 0 fully saturated rings. The van der Waals surface area contributed by atoms with Crippen LogP contribution in [0.25, 0.3) is 0 Å². The first-order valence-corrected chi connectivity index (χ1v) is 5.80. The van der Waals surface area contributed by atoms with Crippen LogP contribution in [0.1, 0.15) is 0 Å². The highest BCUT2D eigenvalue weighted by atomic mass is 16.6. The molecule has 0 radical (unpaired) electrons. The minimum atomic E-state index is -0.598. The summed E-state index contributed by atoms with van der Waals surface area (Å²) in [5, 5.41) is 13.8. The van der Waals surface area contributed by atoms with Crippen LogP contribution in [0.5, 0.6) is 11.5 Å². The Morgan fingerprint density at radius 3 is 2.38 bits per heavy atom. The molecule has 1 aromatic carbocycles. The van der Waals surface area contributed by atoms with Gasteiger partial charge in [-0.3, -0.25) is 10.1 Å². The van der Waals surface area contributed by atoms with E-state index in [-0.39, 0.29) is 17.5 Å². The third kappa shape index (κ3) is 3.26. The van der Waals surface area contributed by atoms with E-state index in [1.165, 1.54) is 14.2 Å². The van der Waals surface area contributed by atoms with E-state index in [2.05, 4.69) is 15.3 Å². The Bertz CT molecular complexity index is 654. The molecule has 0 aliphatic rings. The second-order valence-corrected chi connectivity index (χ2v) is 3.95. The van der Waals surface area contributed by atoms with Crippen molar-refractivity contribution >= 4 is 23.1 Å². The summed E-state index contributed by atoms with van der Waals surface area (Å²) in [5.41, 5.74) is 5.68. The number of nitro groups is 1. The van der Waals surface area contributed by atoms with Gasteiger partial charge in [0.1, 0.15) is 17.7 Å². The van der Waals surface area contributed by atoms with Crippen molar-refractivity contribution in [1.82, 2.24) is 9.97 Å². The lowest BCUT2D eigenvalue weighted by Gasteiger charge is -2.10. The van der Waals surface area contributed by atoms with Crippen molar-refractivity contribution in [3.05, 3.63) is 34.5 Å². The lowest BCUT2D eigenvalue weighted by atomic mass is 10.2. The molecule has 0 atom stereocenters. The molecule has 0 saturated heterocycles. The maximum absolute atomic E-state index is 11.0. The Morgan fingerprint density at radius 1 is 1.24 bits per heavy atom. The number of hydrogen-bond acceptors (Lipinski definition) is 8. The summed E-state index contributed by atoms with van der Waals surface area (Å²) in [7, 11) is 3.01. The smallest absolute Gasteiger partial charge is 0.329 e. The van der Waals surface area contributed by atoms with Crippen LogP contribution >= 0.6 is 0 Å². The van der Waals surface area contributed by atoms with Gasteiger partial charge < -0.3 is 20.5 Å². The summed E-state index contributed by atoms with van der Waals surface area (Å²) < 4.78 is 10.3. The van der Waals surface area contributed by atoms with E-state index in [4.69, 9.17) is 15.2 Å². The number of ether oxygens (including phenoxy) is 2. The minimum absolute atomic E-state index is 0.0113. The fourth-order valence-electron chi connectivity index (χ4n) is 1.63. The normalized spacial score (nSPS) is 10.0. The molecule has 9 nitrogen and oxygen atoms in total. The number of nitrogen functional groups attached to an aromatic ring is 1. The molecule has 2 aromatic rings. The highest BCUT2D eigenvalue weighted by Gasteiger charge is 2.17. The first-order valence-electron chi connectivity index (χ1n) is 5.80. The van der Waals surface area contributed by atoms with E-state index < -0.39 is 4.92 Å². The molecular formula is C12H13N5O4. The lowest BCUT2D eigenvalue weighted by Crippen LogP contribution is -2.04. The Hall–Kier alpha value is -3.10. The molecule has 0 aliphatic carbocycles. The number of methoxy groups -OCH3 is 2. The molecule has 1 aromatic heterocycles. The molecule has 21 heavy (non-hydrogen) atoms. The second-order valence-electron chi connectivity index (χ2n) is 3.95. The number of hydrogen-bond donors (Lipinski definition) is 2. The molecule has 110 valence electrons. The zero-order valence-electron chi connectivity index (χ0n) is 11.4. The largest absolute Gasteiger partial charge is 0.497 e. The van der Waals surface area contributed by atoms with Crippen molar-refractivity contribution in [2.24, 2.45) is 0 Å². The van der Waals surface area contributed by atoms with Crippen molar-refractivity contribution in [3.63, 3.8) is 0 Å². The van der Waals surface area contributed by atoms with Crippen molar-refractivity contribution in [3.8, 4) is 11.5 Å². The zero-order chi connectivity index (χ0) is 15.4. The van der Waals surface area contributed by atoms with Gasteiger partial charge in [-0.15, -0.1) is 0 Å². The van der Waals surface area contributed by atoms with Crippen molar-refractivity contribution in [1.29, 1.82) is 0 Å². The van der Waals surface area contributed by atoms with E-state index in [0.717, 1.165) is 6.20 Å². The van der Waals surface area contributed by atoms with Crippen molar-refractivity contribution < 1.29 is 14.4 Å². The predicted molar refractivity (Wildman–Crippen MR) is 75.9 cm³/mol. The van der Waals surface area contributed by atoms with E-state index in [1.54, 1.807) is 18.2 Å². The summed E-state index contributed by atoms with van der Waals surface area (Å²) in [6, 6.07) is 4.96. The van der Waals surface area contributed by atoms with Gasteiger partial charge in [0.05, 0.1) is 19.1 Å². The SMILES string of the molecule is COc1cc(Nc2nc(N)ncc2[N+](=O)[O-])cc(OC)c1. The van der Waals surface area contributed by atoms with Gasteiger partial charge in [-0.25, -0.2) is 4.98 Å². The number of benzene rings is 1. The first-order chi connectivity index (χ1) is 10.0. The molecule has 0 amide bonds. The van der Waals surface area contributed by atoms with Gasteiger partial charge in [-0.05, 0) is 0 Å². The highest BCUT2D eigenvalue weighted by molar-refractivity contribution is 5.68. The summed E-state index contributed by atoms with van der Waals surface area (Å²) in [5.74, 6) is 0.976. The van der Waals surface area contributed by atoms with Crippen LogP contribution in [0.4, 0.5) is 23.1 Å². The minimum Gasteiger partial charge on any atom is -0.497 e. The van der Waals surface area contributed by atoms with Crippen LogP contribution in [-0.4, -0.2) is 29.1 Å². The highest BCUT2D eigenvalue weighted by Crippen LogP contribution is 2.30. The van der Waals surface area contributed by atoms with Gasteiger partial charge in [0.2, 0.25) is 11.8 Å². The van der Waals surface area contributed by atoms with Crippen LogP contribution in [0, 0.1) is 10.1 Å². The number of nitrogens with one attached hydrogen (secondary N) is 1. The molecule has 0 bridgehead atoms. The fourth-order valence-corrected chi connectivity index (χ4v) is 1.63. The summed E-state index contributed by atoms with van der Waals surface area (Å²) in [4.78, 5) is 17.8. The van der Waals surface area contributed by atoms with Crippen LogP contribution in [0.3, 0.4) is 0 Å². The van der Waals surface area contributed by atoms with E-state index >= 15 is 0 Å². The van der Waals surface area contributed by atoms with Crippen molar-refractivity contribution in [2.45, 2.75) is 0 Å². The van der Waals surface area contributed by atoms with Gasteiger partial charge in [0, 0.05) is 23.9 Å². The molecular weight excluding hydrogens is 278 g/mol.